The largest absolute Gasteiger partial charge is 0.507 e. The molecule has 0 atom stereocenters. The Bertz CT molecular complexity index is 2940. The highest BCUT2D eigenvalue weighted by molar-refractivity contribution is 5.98. The molecule has 0 bridgehead atoms. The fourth-order valence-corrected chi connectivity index (χ4v) is 7.88. The van der Waals surface area contributed by atoms with Crippen LogP contribution >= 0.6 is 0 Å². The lowest BCUT2D eigenvalue weighted by atomic mass is 9.83. The Morgan fingerprint density at radius 1 is 0.552 bits per heavy atom. The number of rotatable bonds is 6. The van der Waals surface area contributed by atoms with Crippen LogP contribution in [0.5, 0.6) is 5.75 Å². The highest BCUT2D eigenvalue weighted by Crippen LogP contribution is 2.43. The maximum absolute atomic E-state index is 11.8. The van der Waals surface area contributed by atoms with Gasteiger partial charge in [0, 0.05) is 27.0 Å². The van der Waals surface area contributed by atoms with Crippen molar-refractivity contribution in [1.82, 2.24) is 14.5 Å². The molecule has 0 aliphatic heterocycles. The highest BCUT2D eigenvalue weighted by Gasteiger charge is 2.25. The third-order valence-electron chi connectivity index (χ3n) is 11.2. The molecule has 4 nitrogen and oxygen atoms in total. The van der Waals surface area contributed by atoms with E-state index in [9.17, 15) is 5.11 Å². The summed E-state index contributed by atoms with van der Waals surface area (Å²) >= 11 is 0. The van der Waals surface area contributed by atoms with Gasteiger partial charge in [-0.3, -0.25) is 9.55 Å². The SMILES string of the molecule is [2H]C([2H])([2H])c1ccc(-n2c(-c3cc(C)cc(C)c3O)nc3c(-c4cc(-c5cc(-c6ccc(C)cc6)ccn5)cc(C(C)(C)C)c4)cccc32)c(-c2ccc(C(C)(C)C)cc2)c1. The molecule has 0 aliphatic rings. The molecule has 0 unspecified atom stereocenters. The second-order valence-electron chi connectivity index (χ2n) is 17.8. The van der Waals surface area contributed by atoms with Crippen LogP contribution in [0.1, 0.15) is 79.0 Å². The molecule has 0 spiro atoms. The molecule has 0 fully saturated rings. The normalized spacial score (nSPS) is 13.0. The van der Waals surface area contributed by atoms with Crippen molar-refractivity contribution in [1.29, 1.82) is 0 Å². The number of fused-ring (bicyclic) bond motifs is 1. The van der Waals surface area contributed by atoms with Crippen molar-refractivity contribution >= 4 is 11.0 Å². The monoisotopic (exact) mass is 762 g/mol. The number of benzene rings is 6. The van der Waals surface area contributed by atoms with E-state index in [2.05, 4.69) is 150 Å². The van der Waals surface area contributed by atoms with Gasteiger partial charge in [0.1, 0.15) is 11.6 Å². The van der Waals surface area contributed by atoms with Gasteiger partial charge >= 0.3 is 0 Å². The molecule has 2 heterocycles. The summed E-state index contributed by atoms with van der Waals surface area (Å²) in [5.41, 5.74) is 15.9. The van der Waals surface area contributed by atoms with Crippen molar-refractivity contribution in [2.45, 2.75) is 80.0 Å². The van der Waals surface area contributed by atoms with Gasteiger partial charge in [-0.2, -0.15) is 0 Å². The van der Waals surface area contributed by atoms with Gasteiger partial charge < -0.3 is 5.11 Å². The molecule has 2 aromatic heterocycles. The van der Waals surface area contributed by atoms with E-state index in [4.69, 9.17) is 14.1 Å². The minimum Gasteiger partial charge on any atom is -0.507 e. The van der Waals surface area contributed by atoms with Gasteiger partial charge in [-0.05, 0) is 131 Å². The number of aromatic hydroxyl groups is 1. The van der Waals surface area contributed by atoms with Gasteiger partial charge in [0.2, 0.25) is 0 Å². The number of phenolic OH excluding ortho intramolecular Hbond substituents is 1. The smallest absolute Gasteiger partial charge is 0.149 e. The van der Waals surface area contributed by atoms with Crippen LogP contribution in [0.3, 0.4) is 0 Å². The number of pyridine rings is 1. The lowest BCUT2D eigenvalue weighted by Crippen LogP contribution is -2.11. The topological polar surface area (TPSA) is 50.9 Å². The van der Waals surface area contributed by atoms with Crippen LogP contribution in [-0.4, -0.2) is 19.6 Å². The Balaban J connectivity index is 1.41. The Morgan fingerprint density at radius 2 is 1.22 bits per heavy atom. The average Bonchev–Trinajstić information content (AvgIpc) is 3.60. The molecule has 0 aliphatic carbocycles. The number of aryl methyl sites for hydroxylation is 4. The first kappa shape index (κ1) is 34.9. The predicted octanol–water partition coefficient (Wildman–Crippen LogP) is 14.3. The minimum absolute atomic E-state index is 0.0588. The molecule has 58 heavy (non-hydrogen) atoms. The third kappa shape index (κ3) is 7.36. The summed E-state index contributed by atoms with van der Waals surface area (Å²) in [6.07, 6.45) is 1.88. The molecule has 0 saturated heterocycles. The Kier molecular flexibility index (Phi) is 8.79. The van der Waals surface area contributed by atoms with Crippen LogP contribution in [0.15, 0.2) is 134 Å². The van der Waals surface area contributed by atoms with E-state index in [1.807, 2.05) is 38.2 Å². The molecule has 8 rings (SSSR count). The summed E-state index contributed by atoms with van der Waals surface area (Å²) in [5.74, 6) is 0.705. The van der Waals surface area contributed by atoms with Crippen LogP contribution in [0.4, 0.5) is 0 Å². The molecule has 0 radical (unpaired) electrons. The van der Waals surface area contributed by atoms with E-state index in [1.165, 1.54) is 11.1 Å². The molecule has 290 valence electrons. The van der Waals surface area contributed by atoms with Crippen molar-refractivity contribution in [3.05, 3.63) is 167 Å². The number of hydrogen-bond acceptors (Lipinski definition) is 3. The minimum atomic E-state index is -2.32. The molecular weight excluding hydrogens is 707 g/mol. The summed E-state index contributed by atoms with van der Waals surface area (Å²) in [4.78, 5) is 10.4. The first-order valence-electron chi connectivity index (χ1n) is 21.5. The number of phenols is 1. The van der Waals surface area contributed by atoms with E-state index < -0.39 is 6.85 Å². The van der Waals surface area contributed by atoms with Gasteiger partial charge in [-0.15, -0.1) is 0 Å². The maximum Gasteiger partial charge on any atom is 0.149 e. The van der Waals surface area contributed by atoms with E-state index in [0.717, 1.165) is 78.0 Å². The van der Waals surface area contributed by atoms with Crippen LogP contribution in [0.2, 0.25) is 0 Å². The number of hydrogen-bond donors (Lipinski definition) is 1. The zero-order chi connectivity index (χ0) is 43.6. The summed E-state index contributed by atoms with van der Waals surface area (Å²) in [5, 5.41) is 11.8. The Morgan fingerprint density at radius 3 is 1.93 bits per heavy atom. The van der Waals surface area contributed by atoms with Crippen LogP contribution in [0, 0.1) is 27.6 Å². The van der Waals surface area contributed by atoms with Crippen molar-refractivity contribution < 1.29 is 9.22 Å². The molecule has 1 N–H and O–H groups in total. The Labute approximate surface area is 348 Å². The Hall–Kier alpha value is -6.26. The fraction of sp³-hybridized carbons (Fsp3) is 0.222. The first-order valence-corrected chi connectivity index (χ1v) is 20.0. The van der Waals surface area contributed by atoms with Crippen molar-refractivity contribution in [3.8, 4) is 67.5 Å². The van der Waals surface area contributed by atoms with Crippen molar-refractivity contribution in [2.75, 3.05) is 0 Å². The number of aromatic nitrogens is 3. The van der Waals surface area contributed by atoms with Crippen molar-refractivity contribution in [3.63, 3.8) is 0 Å². The predicted molar refractivity (Wildman–Crippen MR) is 244 cm³/mol. The van der Waals surface area contributed by atoms with Crippen LogP contribution in [0.25, 0.3) is 72.7 Å². The molecular formula is C54H53N3O. The molecule has 0 amide bonds. The quantitative estimate of drug-likeness (QED) is 0.184. The van der Waals surface area contributed by atoms with Gasteiger partial charge in [-0.25, -0.2) is 4.98 Å². The summed E-state index contributed by atoms with van der Waals surface area (Å²) < 4.78 is 27.2. The average molecular weight is 763 g/mol. The standard InChI is InChI=1S/C54H53N3O/c1-33-14-17-37(18-15-33)39-24-25-55-47(32-39)41-29-40(30-43(31-41)54(8,9)10)44-12-11-13-49-50(44)56-52(46-28-35(3)26-36(4)51(46)58)57(49)48-23-16-34(2)27-45(48)38-19-21-42(22-20-38)53(5,6)7/h11-32,58H,1-10H3/i2D3. The molecule has 4 heteroatoms. The van der Waals surface area contributed by atoms with Gasteiger partial charge in [0.25, 0.3) is 0 Å². The van der Waals surface area contributed by atoms with E-state index in [1.54, 1.807) is 12.1 Å². The number of para-hydroxylation sites is 1. The fourth-order valence-electron chi connectivity index (χ4n) is 7.88. The highest BCUT2D eigenvalue weighted by atomic mass is 16.3. The third-order valence-corrected chi connectivity index (χ3v) is 11.2. The van der Waals surface area contributed by atoms with Gasteiger partial charge in [0.15, 0.2) is 0 Å². The zero-order valence-electron chi connectivity index (χ0n) is 38.0. The molecule has 8 aromatic rings. The van der Waals surface area contributed by atoms with E-state index in [-0.39, 0.29) is 22.1 Å². The molecule has 6 aromatic carbocycles. The van der Waals surface area contributed by atoms with Gasteiger partial charge in [-0.1, -0.05) is 132 Å². The first-order chi connectivity index (χ1) is 28.8. The van der Waals surface area contributed by atoms with E-state index >= 15 is 0 Å². The lowest BCUT2D eigenvalue weighted by molar-refractivity contribution is 0.472. The van der Waals surface area contributed by atoms with Crippen LogP contribution < -0.4 is 0 Å². The summed E-state index contributed by atoms with van der Waals surface area (Å²) in [7, 11) is 0. The van der Waals surface area contributed by atoms with E-state index in [0.29, 0.717) is 11.4 Å². The number of nitrogens with zero attached hydrogens (tertiary/aromatic N) is 3. The van der Waals surface area contributed by atoms with Gasteiger partial charge in [0.05, 0.1) is 28.0 Å². The second kappa shape index (κ2) is 14.6. The van der Waals surface area contributed by atoms with Crippen LogP contribution in [-0.2, 0) is 10.8 Å². The number of imidazole rings is 1. The van der Waals surface area contributed by atoms with Crippen molar-refractivity contribution in [2.24, 2.45) is 0 Å². The maximum atomic E-state index is 11.8. The molecule has 0 saturated carbocycles. The second-order valence-corrected chi connectivity index (χ2v) is 17.8. The lowest BCUT2D eigenvalue weighted by Gasteiger charge is -2.22. The zero-order valence-corrected chi connectivity index (χ0v) is 35.0. The summed E-state index contributed by atoms with van der Waals surface area (Å²) in [6, 6.07) is 43.4. The summed E-state index contributed by atoms with van der Waals surface area (Å²) in [6.45, 7) is 16.9.